The summed E-state index contributed by atoms with van der Waals surface area (Å²) in [5.74, 6) is 0.668. The van der Waals surface area contributed by atoms with Crippen molar-refractivity contribution in [1.82, 2.24) is 0 Å². The molecule has 1 rings (SSSR count). The van der Waals surface area contributed by atoms with E-state index in [1.807, 2.05) is 11.8 Å². The van der Waals surface area contributed by atoms with Gasteiger partial charge < -0.3 is 5.11 Å². The number of hydrogen-bond donors (Lipinski definition) is 1. The van der Waals surface area contributed by atoms with Crippen LogP contribution in [0, 0.1) is 17.8 Å². The van der Waals surface area contributed by atoms with Crippen LogP contribution >= 0.6 is 11.8 Å². The van der Waals surface area contributed by atoms with Gasteiger partial charge in [0.05, 0.1) is 5.92 Å². The summed E-state index contributed by atoms with van der Waals surface area (Å²) < 4.78 is 0. The first kappa shape index (κ1) is 15.9. The van der Waals surface area contributed by atoms with E-state index in [2.05, 4.69) is 27.7 Å². The maximum absolute atomic E-state index is 11.4. The van der Waals surface area contributed by atoms with Crippen molar-refractivity contribution in [2.24, 2.45) is 17.8 Å². The standard InChI is InChI=1S/C15H28O2S/c1-5-6-12-7-8-13(15(16)17)14(9-12)18-11(4)10(2)3/h10-14H,5-9H2,1-4H3,(H,16,17). The molecule has 0 saturated heterocycles. The lowest BCUT2D eigenvalue weighted by Crippen LogP contribution is -2.34. The minimum atomic E-state index is -0.585. The highest BCUT2D eigenvalue weighted by Crippen LogP contribution is 2.41. The highest BCUT2D eigenvalue weighted by Gasteiger charge is 2.36. The van der Waals surface area contributed by atoms with Gasteiger partial charge >= 0.3 is 5.97 Å². The molecule has 106 valence electrons. The lowest BCUT2D eigenvalue weighted by atomic mass is 9.80. The zero-order chi connectivity index (χ0) is 13.7. The molecular formula is C15H28O2S. The first-order chi connectivity index (χ1) is 8.45. The fourth-order valence-electron chi connectivity index (χ4n) is 2.75. The van der Waals surface area contributed by atoms with E-state index in [1.165, 1.54) is 12.8 Å². The first-order valence-corrected chi connectivity index (χ1v) is 8.28. The topological polar surface area (TPSA) is 37.3 Å². The highest BCUT2D eigenvalue weighted by molar-refractivity contribution is 8.00. The normalized spacial score (nSPS) is 30.4. The van der Waals surface area contributed by atoms with Gasteiger partial charge in [0.25, 0.3) is 0 Å². The monoisotopic (exact) mass is 272 g/mol. The Morgan fingerprint density at radius 2 is 2.00 bits per heavy atom. The van der Waals surface area contributed by atoms with Crippen LogP contribution in [0.3, 0.4) is 0 Å². The van der Waals surface area contributed by atoms with E-state index < -0.39 is 5.97 Å². The quantitative estimate of drug-likeness (QED) is 0.777. The summed E-state index contributed by atoms with van der Waals surface area (Å²) in [6.07, 6.45) is 5.58. The summed E-state index contributed by atoms with van der Waals surface area (Å²) in [6, 6.07) is 0. The molecular weight excluding hydrogens is 244 g/mol. The maximum Gasteiger partial charge on any atom is 0.307 e. The Bertz CT molecular complexity index is 265. The molecule has 0 heterocycles. The van der Waals surface area contributed by atoms with Gasteiger partial charge in [0.2, 0.25) is 0 Å². The van der Waals surface area contributed by atoms with Gasteiger partial charge in [-0.15, -0.1) is 0 Å². The van der Waals surface area contributed by atoms with E-state index in [4.69, 9.17) is 0 Å². The molecule has 1 aliphatic rings. The number of rotatable bonds is 6. The van der Waals surface area contributed by atoms with Gasteiger partial charge in [0.15, 0.2) is 0 Å². The molecule has 0 aliphatic heterocycles. The van der Waals surface area contributed by atoms with Crippen molar-refractivity contribution >= 4 is 17.7 Å². The maximum atomic E-state index is 11.4. The number of carboxylic acid groups (broad SMARTS) is 1. The molecule has 4 atom stereocenters. The third kappa shape index (κ3) is 4.49. The molecule has 0 spiro atoms. The molecule has 0 aromatic rings. The highest BCUT2D eigenvalue weighted by atomic mass is 32.2. The molecule has 0 amide bonds. The molecule has 1 aliphatic carbocycles. The third-order valence-corrected chi connectivity index (χ3v) is 6.09. The van der Waals surface area contributed by atoms with Crippen LogP contribution in [0.4, 0.5) is 0 Å². The molecule has 2 nitrogen and oxygen atoms in total. The summed E-state index contributed by atoms with van der Waals surface area (Å²) in [4.78, 5) is 11.4. The summed E-state index contributed by atoms with van der Waals surface area (Å²) >= 11 is 1.91. The lowest BCUT2D eigenvalue weighted by Gasteiger charge is -2.35. The van der Waals surface area contributed by atoms with Crippen molar-refractivity contribution in [1.29, 1.82) is 0 Å². The number of carbonyl (C=O) groups is 1. The Morgan fingerprint density at radius 1 is 1.33 bits per heavy atom. The van der Waals surface area contributed by atoms with Crippen LogP contribution in [0.1, 0.15) is 59.8 Å². The van der Waals surface area contributed by atoms with E-state index in [9.17, 15) is 9.90 Å². The Hall–Kier alpha value is -0.180. The van der Waals surface area contributed by atoms with E-state index in [1.54, 1.807) is 0 Å². The average molecular weight is 272 g/mol. The zero-order valence-electron chi connectivity index (χ0n) is 12.2. The van der Waals surface area contributed by atoms with Crippen LogP contribution in [0.25, 0.3) is 0 Å². The van der Waals surface area contributed by atoms with E-state index in [0.717, 1.165) is 25.2 Å². The van der Waals surface area contributed by atoms with Crippen LogP contribution in [0.2, 0.25) is 0 Å². The second kappa shape index (κ2) is 7.42. The van der Waals surface area contributed by atoms with Gasteiger partial charge in [-0.3, -0.25) is 4.79 Å². The summed E-state index contributed by atoms with van der Waals surface area (Å²) in [7, 11) is 0. The van der Waals surface area contributed by atoms with Crippen molar-refractivity contribution in [2.45, 2.75) is 70.3 Å². The SMILES string of the molecule is CCCC1CCC(C(=O)O)C(SC(C)C(C)C)C1. The lowest BCUT2D eigenvalue weighted by molar-refractivity contribution is -0.142. The molecule has 18 heavy (non-hydrogen) atoms. The second-order valence-electron chi connectivity index (χ2n) is 6.04. The molecule has 1 fully saturated rings. The number of thioether (sulfide) groups is 1. The fourth-order valence-corrected chi connectivity index (χ4v) is 4.44. The van der Waals surface area contributed by atoms with Crippen molar-refractivity contribution in [3.05, 3.63) is 0 Å². The fraction of sp³-hybridized carbons (Fsp3) is 0.933. The van der Waals surface area contributed by atoms with Crippen LogP contribution in [0.5, 0.6) is 0 Å². The summed E-state index contributed by atoms with van der Waals surface area (Å²) in [6.45, 7) is 8.90. The van der Waals surface area contributed by atoms with Crippen LogP contribution in [-0.4, -0.2) is 21.6 Å². The second-order valence-corrected chi connectivity index (χ2v) is 7.66. The number of aliphatic carboxylic acids is 1. The molecule has 1 saturated carbocycles. The van der Waals surface area contributed by atoms with Gasteiger partial charge in [-0.25, -0.2) is 0 Å². The predicted molar refractivity (Wildman–Crippen MR) is 79.1 cm³/mol. The Kier molecular flexibility index (Phi) is 6.54. The molecule has 0 aromatic carbocycles. The molecule has 3 heteroatoms. The van der Waals surface area contributed by atoms with Crippen molar-refractivity contribution in [3.8, 4) is 0 Å². The average Bonchev–Trinajstić information content (AvgIpc) is 2.29. The molecule has 0 bridgehead atoms. The number of hydrogen-bond acceptors (Lipinski definition) is 2. The van der Waals surface area contributed by atoms with Crippen molar-refractivity contribution < 1.29 is 9.90 Å². The first-order valence-electron chi connectivity index (χ1n) is 7.33. The Morgan fingerprint density at radius 3 is 2.50 bits per heavy atom. The molecule has 0 radical (unpaired) electrons. The van der Waals surface area contributed by atoms with Gasteiger partial charge in [-0.1, -0.05) is 40.5 Å². The van der Waals surface area contributed by atoms with E-state index >= 15 is 0 Å². The van der Waals surface area contributed by atoms with Crippen LogP contribution in [-0.2, 0) is 4.79 Å². The Balaban J connectivity index is 2.63. The number of carboxylic acids is 1. The van der Waals surface area contributed by atoms with Crippen molar-refractivity contribution in [2.75, 3.05) is 0 Å². The van der Waals surface area contributed by atoms with Gasteiger partial charge in [-0.05, 0) is 31.1 Å². The smallest absolute Gasteiger partial charge is 0.307 e. The largest absolute Gasteiger partial charge is 0.481 e. The molecule has 0 aromatic heterocycles. The summed E-state index contributed by atoms with van der Waals surface area (Å²) in [5.41, 5.74) is 0. The predicted octanol–water partition coefficient (Wildman–Crippen LogP) is 4.43. The van der Waals surface area contributed by atoms with Gasteiger partial charge in [-0.2, -0.15) is 11.8 Å². The van der Waals surface area contributed by atoms with Gasteiger partial charge in [0, 0.05) is 10.5 Å². The van der Waals surface area contributed by atoms with E-state index in [-0.39, 0.29) is 5.92 Å². The zero-order valence-corrected chi connectivity index (χ0v) is 13.0. The minimum absolute atomic E-state index is 0.121. The molecule has 4 unspecified atom stereocenters. The molecule has 1 N–H and O–H groups in total. The third-order valence-electron chi connectivity index (χ3n) is 4.24. The minimum Gasteiger partial charge on any atom is -0.481 e. The van der Waals surface area contributed by atoms with E-state index in [0.29, 0.717) is 16.4 Å². The summed E-state index contributed by atoms with van der Waals surface area (Å²) in [5, 5.41) is 10.2. The van der Waals surface area contributed by atoms with Crippen LogP contribution in [0.15, 0.2) is 0 Å². The Labute approximate surface area is 116 Å². The van der Waals surface area contributed by atoms with Crippen molar-refractivity contribution in [3.63, 3.8) is 0 Å². The van der Waals surface area contributed by atoms with Crippen LogP contribution < -0.4 is 0 Å². The van der Waals surface area contributed by atoms with Gasteiger partial charge in [0.1, 0.15) is 0 Å².